The lowest BCUT2D eigenvalue weighted by Gasteiger charge is -2.26. The van der Waals surface area contributed by atoms with Gasteiger partial charge >= 0.3 is 0 Å². The number of nitrogens with one attached hydrogen (secondary N) is 1. The van der Waals surface area contributed by atoms with Gasteiger partial charge < -0.3 is 9.64 Å². The van der Waals surface area contributed by atoms with E-state index >= 15 is 0 Å². The third-order valence-electron chi connectivity index (χ3n) is 6.70. The Labute approximate surface area is 176 Å². The largest absolute Gasteiger partial charge is 0.378 e. The summed E-state index contributed by atoms with van der Waals surface area (Å²) in [4.78, 5) is 53.0. The van der Waals surface area contributed by atoms with Gasteiger partial charge in [0.25, 0.3) is 0 Å². The van der Waals surface area contributed by atoms with Crippen LogP contribution < -0.4 is 5.32 Å². The number of carbonyl (C=O) groups is 4. The van der Waals surface area contributed by atoms with Crippen LogP contribution in [0.1, 0.15) is 24.3 Å². The van der Waals surface area contributed by atoms with Crippen molar-refractivity contribution >= 4 is 40.1 Å². The van der Waals surface area contributed by atoms with Gasteiger partial charge in [0.1, 0.15) is 11.6 Å². The highest BCUT2D eigenvalue weighted by Crippen LogP contribution is 2.56. The first-order valence-electron chi connectivity index (χ1n) is 10.3. The number of morpholine rings is 1. The van der Waals surface area contributed by atoms with Crippen molar-refractivity contribution in [3.63, 3.8) is 0 Å². The number of hydrogen-bond donors (Lipinski definition) is 1. The van der Waals surface area contributed by atoms with Crippen LogP contribution in [0.5, 0.6) is 0 Å². The molecule has 5 rings (SSSR count). The molecule has 3 heterocycles. The molecule has 0 aromatic carbocycles. The Morgan fingerprint density at radius 1 is 1.07 bits per heavy atom. The zero-order valence-electron chi connectivity index (χ0n) is 16.4. The smallest absolute Gasteiger partial charge is 0.246 e. The molecule has 0 unspecified atom stereocenters. The Kier molecular flexibility index (Phi) is 5.02. The van der Waals surface area contributed by atoms with Crippen molar-refractivity contribution in [1.29, 1.82) is 0 Å². The van der Waals surface area contributed by atoms with Crippen LogP contribution in [0.15, 0.2) is 0 Å². The fraction of sp³-hybridized carbons (Fsp3) is 0.684. The number of imide groups is 1. The topological polar surface area (TPSA) is 122 Å². The summed E-state index contributed by atoms with van der Waals surface area (Å²) in [6.45, 7) is 1.87. The van der Waals surface area contributed by atoms with E-state index in [4.69, 9.17) is 4.74 Å². The van der Waals surface area contributed by atoms with Gasteiger partial charge in [-0.15, -0.1) is 10.2 Å². The second kappa shape index (κ2) is 7.69. The Hall–Kier alpha value is -2.40. The maximum absolute atomic E-state index is 12.7. The van der Waals surface area contributed by atoms with Crippen LogP contribution in [0.2, 0.25) is 0 Å². The Morgan fingerprint density at radius 2 is 1.73 bits per heavy atom. The van der Waals surface area contributed by atoms with Gasteiger partial charge in [-0.3, -0.25) is 29.4 Å². The van der Waals surface area contributed by atoms with E-state index in [1.807, 2.05) is 0 Å². The van der Waals surface area contributed by atoms with E-state index in [-0.39, 0.29) is 47.7 Å². The molecule has 2 aliphatic heterocycles. The average molecular weight is 433 g/mol. The Balaban J connectivity index is 1.16. The zero-order chi connectivity index (χ0) is 20.8. The minimum atomic E-state index is -0.480. The number of fused-ring (bicyclic) bond motifs is 5. The summed E-state index contributed by atoms with van der Waals surface area (Å²) < 4.78 is 5.24. The van der Waals surface area contributed by atoms with Crippen LogP contribution in [0, 0.1) is 23.7 Å². The van der Waals surface area contributed by atoms with Gasteiger partial charge in [0, 0.05) is 13.1 Å². The third kappa shape index (κ3) is 3.39. The van der Waals surface area contributed by atoms with Crippen LogP contribution >= 0.6 is 11.3 Å². The van der Waals surface area contributed by atoms with Crippen molar-refractivity contribution in [3.05, 3.63) is 5.01 Å². The molecule has 11 heteroatoms. The monoisotopic (exact) mass is 433 g/mol. The number of ether oxygens (including phenoxy) is 1. The lowest BCUT2D eigenvalue weighted by Crippen LogP contribution is -2.41. The molecule has 4 atom stereocenters. The minimum Gasteiger partial charge on any atom is -0.378 e. The van der Waals surface area contributed by atoms with Crippen molar-refractivity contribution in [1.82, 2.24) is 20.0 Å². The van der Waals surface area contributed by atoms with E-state index in [0.717, 1.165) is 35.5 Å². The summed E-state index contributed by atoms with van der Waals surface area (Å²) in [6.07, 6.45) is 3.08. The predicted molar refractivity (Wildman–Crippen MR) is 104 cm³/mol. The lowest BCUT2D eigenvalue weighted by atomic mass is 9.81. The predicted octanol–water partition coefficient (Wildman–Crippen LogP) is -0.0910. The molecular weight excluding hydrogens is 410 g/mol. The number of carbonyl (C=O) groups excluding carboxylic acids is 4. The fourth-order valence-corrected chi connectivity index (χ4v) is 6.11. The molecule has 0 radical (unpaired) electrons. The molecule has 1 aromatic rings. The molecule has 30 heavy (non-hydrogen) atoms. The molecule has 2 bridgehead atoms. The van der Waals surface area contributed by atoms with Crippen molar-refractivity contribution in [2.24, 2.45) is 23.7 Å². The summed E-state index contributed by atoms with van der Waals surface area (Å²) in [7, 11) is 0. The molecule has 4 amide bonds. The van der Waals surface area contributed by atoms with Crippen LogP contribution in [-0.4, -0.2) is 76.5 Å². The first kappa shape index (κ1) is 19.6. The number of likely N-dealkylation sites (tertiary alicyclic amines) is 1. The Morgan fingerprint density at radius 3 is 2.40 bits per heavy atom. The SMILES string of the molecule is O=C(CN1C(=O)[C@@H]2[C@@H]3CC[C@H](C3)[C@H]2C1=O)Nc1nnc(CC(=O)N2CCOCC2)s1. The maximum atomic E-state index is 12.7. The molecule has 2 saturated heterocycles. The van der Waals surface area contributed by atoms with Gasteiger partial charge in [0.05, 0.1) is 31.5 Å². The van der Waals surface area contributed by atoms with Crippen molar-refractivity contribution in [3.8, 4) is 0 Å². The summed E-state index contributed by atoms with van der Waals surface area (Å²) >= 11 is 1.12. The molecule has 1 aromatic heterocycles. The van der Waals surface area contributed by atoms with Crippen molar-refractivity contribution < 1.29 is 23.9 Å². The summed E-state index contributed by atoms with van der Waals surface area (Å²) in [5.74, 6) is -0.832. The van der Waals surface area contributed by atoms with Crippen molar-refractivity contribution in [2.45, 2.75) is 25.7 Å². The molecule has 2 saturated carbocycles. The number of aromatic nitrogens is 2. The summed E-state index contributed by atoms with van der Waals surface area (Å²) in [6, 6.07) is 0. The molecule has 160 valence electrons. The summed E-state index contributed by atoms with van der Waals surface area (Å²) in [5.41, 5.74) is 0. The molecule has 0 spiro atoms. The average Bonchev–Trinajstić information content (AvgIpc) is 3.51. The van der Waals surface area contributed by atoms with E-state index in [1.165, 1.54) is 0 Å². The molecular formula is C19H23N5O5S. The van der Waals surface area contributed by atoms with E-state index in [0.29, 0.717) is 43.1 Å². The zero-order valence-corrected chi connectivity index (χ0v) is 17.2. The second-order valence-corrected chi connectivity index (χ2v) is 9.43. The van der Waals surface area contributed by atoms with Gasteiger partial charge in [0.2, 0.25) is 28.8 Å². The third-order valence-corrected chi connectivity index (χ3v) is 7.54. The highest BCUT2D eigenvalue weighted by Gasteiger charge is 2.60. The van der Waals surface area contributed by atoms with Crippen LogP contribution in [0.25, 0.3) is 0 Å². The summed E-state index contributed by atoms with van der Waals surface area (Å²) in [5, 5.41) is 11.2. The lowest BCUT2D eigenvalue weighted by molar-refractivity contribution is -0.143. The highest BCUT2D eigenvalue weighted by molar-refractivity contribution is 7.15. The molecule has 4 fully saturated rings. The number of anilines is 1. The molecule has 1 N–H and O–H groups in total. The normalized spacial score (nSPS) is 30.1. The number of nitrogens with zero attached hydrogens (tertiary/aromatic N) is 4. The van der Waals surface area contributed by atoms with Gasteiger partial charge in [-0.05, 0) is 31.1 Å². The number of rotatable bonds is 5. The van der Waals surface area contributed by atoms with E-state index in [1.54, 1.807) is 4.90 Å². The number of amides is 4. The molecule has 4 aliphatic rings. The van der Waals surface area contributed by atoms with Gasteiger partial charge in [-0.2, -0.15) is 0 Å². The maximum Gasteiger partial charge on any atom is 0.246 e. The van der Waals surface area contributed by atoms with Crippen molar-refractivity contribution in [2.75, 3.05) is 38.2 Å². The standard InChI is InChI=1S/C19H23N5O5S/c25-12(9-24-17(27)15-10-1-2-11(7-10)16(15)18(24)28)20-19-22-21-13(30-19)8-14(26)23-3-5-29-6-4-23/h10-11,15-16H,1-9H2,(H,20,22,25)/t10-,11-,15-,16-/m1/s1. The van der Waals surface area contributed by atoms with E-state index < -0.39 is 5.91 Å². The van der Waals surface area contributed by atoms with E-state index in [9.17, 15) is 19.2 Å². The fourth-order valence-electron chi connectivity index (χ4n) is 5.36. The van der Waals surface area contributed by atoms with E-state index in [2.05, 4.69) is 15.5 Å². The van der Waals surface area contributed by atoms with Crippen LogP contribution in [-0.2, 0) is 30.3 Å². The van der Waals surface area contributed by atoms with Gasteiger partial charge in [-0.25, -0.2) is 0 Å². The highest BCUT2D eigenvalue weighted by atomic mass is 32.1. The van der Waals surface area contributed by atoms with Crippen LogP contribution in [0.3, 0.4) is 0 Å². The first-order chi connectivity index (χ1) is 14.5. The first-order valence-corrected chi connectivity index (χ1v) is 11.2. The Bertz CT molecular complexity index is 870. The van der Waals surface area contributed by atoms with Gasteiger partial charge in [-0.1, -0.05) is 11.3 Å². The quantitative estimate of drug-likeness (QED) is 0.644. The van der Waals surface area contributed by atoms with Crippen LogP contribution in [0.4, 0.5) is 5.13 Å². The number of hydrogen-bond acceptors (Lipinski definition) is 8. The second-order valence-electron chi connectivity index (χ2n) is 8.37. The molecule has 10 nitrogen and oxygen atoms in total. The minimum absolute atomic E-state index is 0.0539. The van der Waals surface area contributed by atoms with Gasteiger partial charge in [0.15, 0.2) is 0 Å². The molecule has 2 aliphatic carbocycles.